The highest BCUT2D eigenvalue weighted by atomic mass is 32.1. The van der Waals surface area contributed by atoms with Crippen molar-refractivity contribution in [2.45, 2.75) is 6.92 Å². The van der Waals surface area contributed by atoms with E-state index in [2.05, 4.69) is 0 Å². The summed E-state index contributed by atoms with van der Waals surface area (Å²) in [6.45, 7) is 1.78. The van der Waals surface area contributed by atoms with Crippen LogP contribution in [-0.2, 0) is 0 Å². The molecule has 62 valence electrons. The summed E-state index contributed by atoms with van der Waals surface area (Å²) < 4.78 is 26.2. The lowest BCUT2D eigenvalue weighted by Gasteiger charge is -1.94. The summed E-state index contributed by atoms with van der Waals surface area (Å²) in [6.07, 6.45) is 0. The van der Waals surface area contributed by atoms with Gasteiger partial charge in [-0.25, -0.2) is 4.39 Å². The third-order valence-electron chi connectivity index (χ3n) is 1.78. The van der Waals surface area contributed by atoms with Crippen LogP contribution < -0.4 is 0 Å². The van der Waals surface area contributed by atoms with E-state index in [0.717, 1.165) is 22.3 Å². The van der Waals surface area contributed by atoms with Gasteiger partial charge in [-0.1, -0.05) is 0 Å². The van der Waals surface area contributed by atoms with Crippen molar-refractivity contribution >= 4 is 21.4 Å². The molecule has 0 saturated heterocycles. The molecule has 0 aliphatic carbocycles. The molecule has 0 nitrogen and oxygen atoms in total. The molecule has 0 bridgehead atoms. The maximum absolute atomic E-state index is 12.8. The molecule has 12 heavy (non-hydrogen) atoms. The molecule has 0 N–H and O–H groups in total. The number of hydrogen-bond donors (Lipinski definition) is 0. The van der Waals surface area contributed by atoms with E-state index < -0.39 is 0 Å². The van der Waals surface area contributed by atoms with Gasteiger partial charge in [-0.15, -0.1) is 11.3 Å². The van der Waals surface area contributed by atoms with Gasteiger partial charge in [0.15, 0.2) is 5.13 Å². The molecule has 1 heterocycles. The highest BCUT2D eigenvalue weighted by Gasteiger charge is 2.04. The van der Waals surface area contributed by atoms with Gasteiger partial charge in [-0.3, -0.25) is 0 Å². The van der Waals surface area contributed by atoms with Crippen LogP contribution in [-0.4, -0.2) is 0 Å². The molecular formula is C9H6F2S. The SMILES string of the molecule is Cc1cc(F)cc2sc(F)cc12. The Hall–Kier alpha value is -0.960. The van der Waals surface area contributed by atoms with Crippen molar-refractivity contribution in [1.29, 1.82) is 0 Å². The lowest BCUT2D eigenvalue weighted by molar-refractivity contribution is 0.629. The van der Waals surface area contributed by atoms with Gasteiger partial charge in [0.2, 0.25) is 0 Å². The van der Waals surface area contributed by atoms with Crippen LogP contribution in [0.1, 0.15) is 5.56 Å². The Balaban J connectivity index is 2.88. The van der Waals surface area contributed by atoms with Gasteiger partial charge in [-0.05, 0) is 36.1 Å². The minimum absolute atomic E-state index is 0.265. The van der Waals surface area contributed by atoms with E-state index in [1.54, 1.807) is 6.92 Å². The van der Waals surface area contributed by atoms with E-state index in [4.69, 9.17) is 0 Å². The maximum Gasteiger partial charge on any atom is 0.177 e. The fraction of sp³-hybridized carbons (Fsp3) is 0.111. The minimum atomic E-state index is -0.304. The van der Waals surface area contributed by atoms with Gasteiger partial charge in [-0.2, -0.15) is 4.39 Å². The Kier molecular flexibility index (Phi) is 1.61. The molecule has 1 aromatic carbocycles. The van der Waals surface area contributed by atoms with Crippen LogP contribution >= 0.6 is 11.3 Å². The highest BCUT2D eigenvalue weighted by molar-refractivity contribution is 7.17. The number of benzene rings is 1. The number of halogens is 2. The Labute approximate surface area is 72.4 Å². The first-order valence-electron chi connectivity index (χ1n) is 3.52. The van der Waals surface area contributed by atoms with Crippen molar-refractivity contribution in [3.05, 3.63) is 34.7 Å². The zero-order valence-electron chi connectivity index (χ0n) is 6.40. The van der Waals surface area contributed by atoms with Crippen LogP contribution in [0.25, 0.3) is 10.1 Å². The third-order valence-corrected chi connectivity index (χ3v) is 2.65. The minimum Gasteiger partial charge on any atom is -0.207 e. The zero-order chi connectivity index (χ0) is 8.72. The quantitative estimate of drug-likeness (QED) is 0.588. The maximum atomic E-state index is 12.8. The van der Waals surface area contributed by atoms with E-state index >= 15 is 0 Å². The lowest BCUT2D eigenvalue weighted by Crippen LogP contribution is -1.76. The first kappa shape index (κ1) is 7.68. The van der Waals surface area contributed by atoms with Crippen molar-refractivity contribution in [2.24, 2.45) is 0 Å². The average molecular weight is 184 g/mol. The smallest absolute Gasteiger partial charge is 0.177 e. The average Bonchev–Trinajstić information content (AvgIpc) is 2.29. The molecule has 0 aliphatic heterocycles. The molecule has 0 radical (unpaired) electrons. The second-order valence-corrected chi connectivity index (χ2v) is 3.72. The first-order valence-corrected chi connectivity index (χ1v) is 4.33. The Morgan fingerprint density at radius 1 is 1.17 bits per heavy atom. The third kappa shape index (κ3) is 1.10. The molecule has 0 aliphatic rings. The summed E-state index contributed by atoms with van der Waals surface area (Å²) in [4.78, 5) is 0. The van der Waals surface area contributed by atoms with Crippen molar-refractivity contribution in [1.82, 2.24) is 0 Å². The summed E-state index contributed by atoms with van der Waals surface area (Å²) in [5, 5.41) is 0.539. The molecule has 0 unspecified atom stereocenters. The van der Waals surface area contributed by atoms with Crippen LogP contribution in [0, 0.1) is 17.9 Å². The molecule has 3 heteroatoms. The van der Waals surface area contributed by atoms with Crippen molar-refractivity contribution in [2.75, 3.05) is 0 Å². The summed E-state index contributed by atoms with van der Waals surface area (Å²) in [5.41, 5.74) is 0.783. The van der Waals surface area contributed by atoms with Gasteiger partial charge in [0, 0.05) is 4.70 Å². The summed E-state index contributed by atoms with van der Waals surface area (Å²) in [5.74, 6) is -0.304. The van der Waals surface area contributed by atoms with Gasteiger partial charge in [0.1, 0.15) is 5.82 Å². The normalized spacial score (nSPS) is 10.9. The zero-order valence-corrected chi connectivity index (χ0v) is 7.21. The van der Waals surface area contributed by atoms with Crippen LogP contribution in [0.2, 0.25) is 0 Å². The molecule has 2 rings (SSSR count). The van der Waals surface area contributed by atoms with E-state index in [-0.39, 0.29) is 10.9 Å². The van der Waals surface area contributed by atoms with Gasteiger partial charge in [0.25, 0.3) is 0 Å². The molecule has 0 fully saturated rings. The van der Waals surface area contributed by atoms with Crippen molar-refractivity contribution in [3.8, 4) is 0 Å². The molecule has 0 saturated carbocycles. The predicted octanol–water partition coefficient (Wildman–Crippen LogP) is 3.49. The predicted molar refractivity (Wildman–Crippen MR) is 46.5 cm³/mol. The topological polar surface area (TPSA) is 0 Å². The first-order chi connectivity index (χ1) is 5.66. The Morgan fingerprint density at radius 3 is 2.67 bits per heavy atom. The molecule has 0 atom stereocenters. The summed E-state index contributed by atoms with van der Waals surface area (Å²) in [6, 6.07) is 4.21. The van der Waals surface area contributed by atoms with Gasteiger partial charge in [0.05, 0.1) is 0 Å². The number of aryl methyl sites for hydroxylation is 1. The van der Waals surface area contributed by atoms with E-state index in [0.29, 0.717) is 4.70 Å². The van der Waals surface area contributed by atoms with Crippen LogP contribution in [0.5, 0.6) is 0 Å². The van der Waals surface area contributed by atoms with E-state index in [1.807, 2.05) is 0 Å². The largest absolute Gasteiger partial charge is 0.207 e. The van der Waals surface area contributed by atoms with Crippen LogP contribution in [0.3, 0.4) is 0 Å². The van der Waals surface area contributed by atoms with E-state index in [9.17, 15) is 8.78 Å². The molecule has 0 spiro atoms. The number of fused-ring (bicyclic) bond motifs is 1. The van der Waals surface area contributed by atoms with E-state index in [1.165, 1.54) is 18.2 Å². The number of thiophene rings is 1. The number of rotatable bonds is 0. The van der Waals surface area contributed by atoms with Gasteiger partial charge >= 0.3 is 0 Å². The Morgan fingerprint density at radius 2 is 1.92 bits per heavy atom. The second-order valence-electron chi connectivity index (χ2n) is 2.69. The van der Waals surface area contributed by atoms with Crippen LogP contribution in [0.4, 0.5) is 8.78 Å². The highest BCUT2D eigenvalue weighted by Crippen LogP contribution is 2.27. The molecule has 2 aromatic rings. The number of hydrogen-bond acceptors (Lipinski definition) is 1. The monoisotopic (exact) mass is 184 g/mol. The van der Waals surface area contributed by atoms with Crippen molar-refractivity contribution < 1.29 is 8.78 Å². The van der Waals surface area contributed by atoms with Gasteiger partial charge < -0.3 is 0 Å². The Bertz CT molecular complexity index is 431. The second kappa shape index (κ2) is 2.52. The lowest BCUT2D eigenvalue weighted by atomic mass is 10.1. The fourth-order valence-corrected chi connectivity index (χ4v) is 2.13. The molecule has 0 amide bonds. The summed E-state index contributed by atoms with van der Waals surface area (Å²) in [7, 11) is 0. The standard InChI is InChI=1S/C9H6F2S/c1-5-2-6(10)3-8-7(5)4-9(11)12-8/h2-4H,1H3. The van der Waals surface area contributed by atoms with Crippen molar-refractivity contribution in [3.63, 3.8) is 0 Å². The summed E-state index contributed by atoms with van der Waals surface area (Å²) >= 11 is 0.974. The fourth-order valence-electron chi connectivity index (χ4n) is 1.24. The van der Waals surface area contributed by atoms with Crippen LogP contribution in [0.15, 0.2) is 18.2 Å². The molecular weight excluding hydrogens is 178 g/mol. The molecule has 1 aromatic heterocycles.